The zero-order chi connectivity index (χ0) is 22.6. The van der Waals surface area contributed by atoms with Crippen LogP contribution in [-0.4, -0.2) is 55.5 Å². The van der Waals surface area contributed by atoms with E-state index in [1.54, 1.807) is 6.07 Å². The molecule has 0 bridgehead atoms. The number of fused-ring (bicyclic) bond motifs is 1. The molecular weight excluding hydrogens is 408 g/mol. The Labute approximate surface area is 187 Å². The van der Waals surface area contributed by atoms with Gasteiger partial charge in [0.1, 0.15) is 12.4 Å². The van der Waals surface area contributed by atoms with Crippen LogP contribution in [0, 0.1) is 0 Å². The zero-order valence-corrected chi connectivity index (χ0v) is 18.8. The highest BCUT2D eigenvalue weighted by molar-refractivity contribution is 6.07. The smallest absolute Gasteiger partial charge is 0.326 e. The molecule has 2 aromatic carbocycles. The van der Waals surface area contributed by atoms with Crippen molar-refractivity contribution >= 4 is 28.4 Å². The first kappa shape index (κ1) is 22.1. The van der Waals surface area contributed by atoms with Crippen LogP contribution in [-0.2, 0) is 10.2 Å². The van der Waals surface area contributed by atoms with Crippen LogP contribution in [0.25, 0.3) is 10.8 Å². The number of benzene rings is 2. The van der Waals surface area contributed by atoms with E-state index >= 15 is 0 Å². The van der Waals surface area contributed by atoms with Gasteiger partial charge in [0.2, 0.25) is 5.88 Å². The minimum absolute atomic E-state index is 0.159. The highest BCUT2D eigenvalue weighted by Crippen LogP contribution is 2.32. The van der Waals surface area contributed by atoms with Crippen LogP contribution in [0.5, 0.6) is 5.75 Å². The number of carbonyl (C=O) groups is 1. The fourth-order valence-electron chi connectivity index (χ4n) is 3.57. The number of nitrogens with one attached hydrogen (secondary N) is 2. The van der Waals surface area contributed by atoms with Crippen LogP contribution in [0.4, 0.5) is 16.4 Å². The molecule has 0 atom stereocenters. The molecule has 0 saturated carbocycles. The van der Waals surface area contributed by atoms with E-state index in [0.29, 0.717) is 18.2 Å². The molecule has 1 aromatic heterocycles. The lowest BCUT2D eigenvalue weighted by Crippen LogP contribution is -2.38. The molecule has 2 N–H and O–H groups in total. The Bertz CT molecular complexity index is 1070. The van der Waals surface area contributed by atoms with Crippen LogP contribution in [0.2, 0.25) is 0 Å². The fourth-order valence-corrected chi connectivity index (χ4v) is 3.57. The highest BCUT2D eigenvalue weighted by Gasteiger charge is 2.20. The second-order valence-corrected chi connectivity index (χ2v) is 8.86. The van der Waals surface area contributed by atoms with Gasteiger partial charge in [0.15, 0.2) is 0 Å². The normalized spacial score (nSPS) is 15.0. The number of amides is 2. The molecule has 0 spiro atoms. The van der Waals surface area contributed by atoms with Crippen molar-refractivity contribution in [2.24, 2.45) is 0 Å². The number of hydrogen-bond acceptors (Lipinski definition) is 6. The molecule has 0 aliphatic carbocycles. The number of anilines is 2. The van der Waals surface area contributed by atoms with Gasteiger partial charge in [-0.25, -0.2) is 4.79 Å². The molecule has 4 rings (SSSR count). The van der Waals surface area contributed by atoms with Gasteiger partial charge >= 0.3 is 6.03 Å². The maximum atomic E-state index is 12.6. The number of carbonyl (C=O) groups excluding carboxylic acids is 1. The van der Waals surface area contributed by atoms with Crippen molar-refractivity contribution in [1.29, 1.82) is 0 Å². The van der Waals surface area contributed by atoms with E-state index in [1.807, 2.05) is 57.2 Å². The molecule has 1 saturated heterocycles. The summed E-state index contributed by atoms with van der Waals surface area (Å²) in [4.78, 5) is 14.9. The van der Waals surface area contributed by atoms with Gasteiger partial charge in [0.25, 0.3) is 0 Å². The Balaban J connectivity index is 1.42. The number of morpholine rings is 1. The van der Waals surface area contributed by atoms with E-state index in [1.165, 1.54) is 0 Å². The van der Waals surface area contributed by atoms with E-state index in [0.717, 1.165) is 55.1 Å². The monoisotopic (exact) mass is 438 g/mol. The predicted octanol–water partition coefficient (Wildman–Crippen LogP) is 4.48. The quantitative estimate of drug-likeness (QED) is 0.590. The van der Waals surface area contributed by atoms with Crippen molar-refractivity contribution in [2.75, 3.05) is 50.1 Å². The highest BCUT2D eigenvalue weighted by atomic mass is 16.5. The van der Waals surface area contributed by atoms with Crippen molar-refractivity contribution in [3.8, 4) is 5.75 Å². The second-order valence-electron chi connectivity index (χ2n) is 8.86. The Kier molecular flexibility index (Phi) is 6.62. The van der Waals surface area contributed by atoms with E-state index in [-0.39, 0.29) is 5.41 Å². The molecule has 32 heavy (non-hydrogen) atoms. The lowest BCUT2D eigenvalue weighted by atomic mass is 9.92. The third-order valence-electron chi connectivity index (χ3n) is 5.42. The first-order valence-electron chi connectivity index (χ1n) is 10.9. The van der Waals surface area contributed by atoms with Crippen LogP contribution in [0.15, 0.2) is 47.0 Å². The molecule has 1 aliphatic rings. The van der Waals surface area contributed by atoms with Crippen LogP contribution < -0.4 is 15.4 Å². The van der Waals surface area contributed by atoms with Gasteiger partial charge < -0.3 is 19.3 Å². The van der Waals surface area contributed by atoms with Crippen LogP contribution in [0.1, 0.15) is 26.5 Å². The van der Waals surface area contributed by atoms with Gasteiger partial charge in [-0.1, -0.05) is 50.2 Å². The molecule has 0 unspecified atom stereocenters. The Hall–Kier alpha value is -3.10. The maximum Gasteiger partial charge on any atom is 0.326 e. The average Bonchev–Trinajstić information content (AvgIpc) is 3.25. The molecule has 1 aliphatic heterocycles. The molecule has 3 aromatic rings. The van der Waals surface area contributed by atoms with Crippen LogP contribution >= 0.6 is 0 Å². The van der Waals surface area contributed by atoms with E-state index < -0.39 is 6.03 Å². The van der Waals surface area contributed by atoms with Gasteiger partial charge in [-0.3, -0.25) is 10.2 Å². The number of ether oxygens (including phenoxy) is 2. The summed E-state index contributed by atoms with van der Waals surface area (Å²) in [6, 6.07) is 13.0. The SMILES string of the molecule is CC(C)(C)c1cc(NC(=O)Nc2ccc(OCCN3CCOCC3)c3ccccc23)on1. The van der Waals surface area contributed by atoms with E-state index in [4.69, 9.17) is 14.0 Å². The summed E-state index contributed by atoms with van der Waals surface area (Å²) in [5.74, 6) is 1.10. The molecule has 8 heteroatoms. The molecule has 1 fully saturated rings. The lowest BCUT2D eigenvalue weighted by Gasteiger charge is -2.26. The van der Waals surface area contributed by atoms with Gasteiger partial charge in [-0.15, -0.1) is 0 Å². The number of aromatic nitrogens is 1. The summed E-state index contributed by atoms with van der Waals surface area (Å²) in [7, 11) is 0. The third kappa shape index (κ3) is 5.38. The lowest BCUT2D eigenvalue weighted by molar-refractivity contribution is 0.0323. The average molecular weight is 439 g/mol. The fraction of sp³-hybridized carbons (Fsp3) is 0.417. The predicted molar refractivity (Wildman–Crippen MR) is 125 cm³/mol. The number of urea groups is 1. The van der Waals surface area contributed by atoms with Crippen molar-refractivity contribution in [1.82, 2.24) is 10.1 Å². The van der Waals surface area contributed by atoms with Gasteiger partial charge in [0.05, 0.1) is 24.6 Å². The summed E-state index contributed by atoms with van der Waals surface area (Å²) in [6.45, 7) is 11.0. The topological polar surface area (TPSA) is 88.9 Å². The molecule has 170 valence electrons. The number of rotatable bonds is 6. The largest absolute Gasteiger partial charge is 0.492 e. The van der Waals surface area contributed by atoms with Gasteiger partial charge in [0, 0.05) is 41.9 Å². The first-order chi connectivity index (χ1) is 15.4. The van der Waals surface area contributed by atoms with Gasteiger partial charge in [-0.2, -0.15) is 0 Å². The molecule has 2 heterocycles. The van der Waals surface area contributed by atoms with Gasteiger partial charge in [-0.05, 0) is 12.1 Å². The molecular formula is C24H30N4O4. The summed E-state index contributed by atoms with van der Waals surface area (Å²) in [5.41, 5.74) is 1.30. The number of hydrogen-bond donors (Lipinski definition) is 2. The number of nitrogens with zero attached hydrogens (tertiary/aromatic N) is 2. The molecule has 8 nitrogen and oxygen atoms in total. The minimum Gasteiger partial charge on any atom is -0.492 e. The Morgan fingerprint density at radius 2 is 1.84 bits per heavy atom. The Morgan fingerprint density at radius 1 is 1.09 bits per heavy atom. The summed E-state index contributed by atoms with van der Waals surface area (Å²) in [5, 5.41) is 11.5. The summed E-state index contributed by atoms with van der Waals surface area (Å²) >= 11 is 0. The van der Waals surface area contributed by atoms with Crippen LogP contribution in [0.3, 0.4) is 0 Å². The van der Waals surface area contributed by atoms with E-state index in [2.05, 4.69) is 20.7 Å². The minimum atomic E-state index is -0.396. The van der Waals surface area contributed by atoms with Crippen molar-refractivity contribution in [3.63, 3.8) is 0 Å². The third-order valence-corrected chi connectivity index (χ3v) is 5.42. The van der Waals surface area contributed by atoms with Crippen molar-refractivity contribution < 1.29 is 18.8 Å². The molecule has 2 amide bonds. The summed E-state index contributed by atoms with van der Waals surface area (Å²) < 4.78 is 16.7. The standard InChI is InChI=1S/C24H30N4O4/c1-24(2,3)21-16-22(32-27-21)26-23(29)25-19-8-9-20(18-7-5-4-6-17(18)19)31-15-12-28-10-13-30-14-11-28/h4-9,16H,10-15H2,1-3H3,(H2,25,26,29). The Morgan fingerprint density at radius 3 is 2.56 bits per heavy atom. The summed E-state index contributed by atoms with van der Waals surface area (Å²) in [6.07, 6.45) is 0. The van der Waals surface area contributed by atoms with Crippen molar-refractivity contribution in [2.45, 2.75) is 26.2 Å². The first-order valence-corrected chi connectivity index (χ1v) is 10.9. The second kappa shape index (κ2) is 9.58. The maximum absolute atomic E-state index is 12.6. The zero-order valence-electron chi connectivity index (χ0n) is 18.8. The molecule has 0 radical (unpaired) electrons. The van der Waals surface area contributed by atoms with Crippen molar-refractivity contribution in [3.05, 3.63) is 48.2 Å². The van der Waals surface area contributed by atoms with E-state index in [9.17, 15) is 4.79 Å².